The second kappa shape index (κ2) is 6.78. The summed E-state index contributed by atoms with van der Waals surface area (Å²) in [5.74, 6) is 0.167. The third kappa shape index (κ3) is 4.20. The van der Waals surface area contributed by atoms with Crippen LogP contribution in [0.25, 0.3) is 6.08 Å². The van der Waals surface area contributed by atoms with Gasteiger partial charge in [-0.2, -0.15) is 0 Å². The molecule has 0 aromatic heterocycles. The van der Waals surface area contributed by atoms with Gasteiger partial charge in [0.25, 0.3) is 0 Å². The first-order valence-electron chi connectivity index (χ1n) is 7.78. The van der Waals surface area contributed by atoms with Gasteiger partial charge in [-0.25, -0.2) is 0 Å². The van der Waals surface area contributed by atoms with Crippen LogP contribution in [0, 0.1) is 5.41 Å². The van der Waals surface area contributed by atoms with Crippen molar-refractivity contribution >= 4 is 11.9 Å². The standard InChI is InChI=1S/C20H24O2/c1-15-6-5-13-20(2,3)19(15)12-11-17(21)10-9-16-7-4-8-18(22)14-16/h4,7-12,14,22H,5-6,13H2,1-3H3/b10-9+,12-11+. The third-order valence-corrected chi connectivity index (χ3v) is 4.27. The van der Waals surface area contributed by atoms with Gasteiger partial charge in [-0.15, -0.1) is 0 Å². The van der Waals surface area contributed by atoms with Gasteiger partial charge in [0.15, 0.2) is 5.78 Å². The highest BCUT2D eigenvalue weighted by atomic mass is 16.3. The van der Waals surface area contributed by atoms with Crippen LogP contribution in [-0.4, -0.2) is 10.9 Å². The number of rotatable bonds is 4. The number of hydrogen-bond acceptors (Lipinski definition) is 2. The van der Waals surface area contributed by atoms with Crippen molar-refractivity contribution in [3.8, 4) is 5.75 Å². The maximum absolute atomic E-state index is 12.0. The zero-order valence-corrected chi connectivity index (χ0v) is 13.6. The fraction of sp³-hybridized carbons (Fsp3) is 0.350. The van der Waals surface area contributed by atoms with Gasteiger partial charge in [-0.05, 0) is 67.0 Å². The predicted molar refractivity (Wildman–Crippen MR) is 91.6 cm³/mol. The minimum absolute atomic E-state index is 0.0370. The fourth-order valence-corrected chi connectivity index (χ4v) is 3.04. The van der Waals surface area contributed by atoms with Gasteiger partial charge in [0.2, 0.25) is 0 Å². The van der Waals surface area contributed by atoms with E-state index >= 15 is 0 Å². The van der Waals surface area contributed by atoms with Crippen LogP contribution in [0.3, 0.4) is 0 Å². The molecular weight excluding hydrogens is 272 g/mol. The molecule has 1 aromatic rings. The highest BCUT2D eigenvalue weighted by molar-refractivity contribution is 6.02. The highest BCUT2D eigenvalue weighted by Gasteiger charge is 2.26. The van der Waals surface area contributed by atoms with E-state index < -0.39 is 0 Å². The van der Waals surface area contributed by atoms with Crippen molar-refractivity contribution in [2.75, 3.05) is 0 Å². The third-order valence-electron chi connectivity index (χ3n) is 4.27. The van der Waals surface area contributed by atoms with E-state index in [0.29, 0.717) is 0 Å². The summed E-state index contributed by atoms with van der Waals surface area (Å²) in [6.45, 7) is 6.64. The van der Waals surface area contributed by atoms with E-state index in [1.54, 1.807) is 30.4 Å². The molecule has 0 saturated heterocycles. The highest BCUT2D eigenvalue weighted by Crippen LogP contribution is 2.40. The van der Waals surface area contributed by atoms with E-state index in [4.69, 9.17) is 0 Å². The summed E-state index contributed by atoms with van der Waals surface area (Å²) < 4.78 is 0. The number of ketones is 1. The monoisotopic (exact) mass is 296 g/mol. The molecule has 1 N–H and O–H groups in total. The van der Waals surface area contributed by atoms with Crippen molar-refractivity contribution in [3.05, 3.63) is 59.2 Å². The molecule has 0 bridgehead atoms. The van der Waals surface area contributed by atoms with Gasteiger partial charge in [0.05, 0.1) is 0 Å². The van der Waals surface area contributed by atoms with Gasteiger partial charge in [-0.1, -0.05) is 43.7 Å². The van der Waals surface area contributed by atoms with Crippen LogP contribution < -0.4 is 0 Å². The lowest BCUT2D eigenvalue weighted by atomic mass is 9.72. The molecule has 2 heteroatoms. The van der Waals surface area contributed by atoms with Crippen LogP contribution in [0.4, 0.5) is 0 Å². The summed E-state index contributed by atoms with van der Waals surface area (Å²) in [6, 6.07) is 6.85. The van der Waals surface area contributed by atoms with Crippen LogP contribution in [0.15, 0.2) is 53.6 Å². The number of phenolic OH excluding ortho intramolecular Hbond substituents is 1. The van der Waals surface area contributed by atoms with Gasteiger partial charge in [-0.3, -0.25) is 4.79 Å². The molecule has 0 atom stereocenters. The van der Waals surface area contributed by atoms with Crippen LogP contribution >= 0.6 is 0 Å². The van der Waals surface area contributed by atoms with Crippen LogP contribution in [0.2, 0.25) is 0 Å². The molecule has 0 heterocycles. The quantitative estimate of drug-likeness (QED) is 0.789. The average molecular weight is 296 g/mol. The minimum Gasteiger partial charge on any atom is -0.508 e. The second-order valence-electron chi connectivity index (χ2n) is 6.60. The normalized spacial score (nSPS) is 18.3. The maximum Gasteiger partial charge on any atom is 0.178 e. The number of aromatic hydroxyl groups is 1. The summed E-state index contributed by atoms with van der Waals surface area (Å²) in [5, 5.41) is 9.40. The molecule has 0 spiro atoms. The van der Waals surface area contributed by atoms with E-state index in [9.17, 15) is 9.90 Å². The Bertz CT molecular complexity index is 645. The van der Waals surface area contributed by atoms with Crippen molar-refractivity contribution in [1.29, 1.82) is 0 Å². The molecule has 2 nitrogen and oxygen atoms in total. The van der Waals surface area contributed by atoms with Crippen molar-refractivity contribution in [2.24, 2.45) is 5.41 Å². The van der Waals surface area contributed by atoms with Crippen molar-refractivity contribution in [3.63, 3.8) is 0 Å². The lowest BCUT2D eigenvalue weighted by molar-refractivity contribution is -0.110. The number of phenols is 1. The molecule has 22 heavy (non-hydrogen) atoms. The molecule has 0 aliphatic heterocycles. The smallest absolute Gasteiger partial charge is 0.178 e. The zero-order valence-electron chi connectivity index (χ0n) is 13.6. The van der Waals surface area contributed by atoms with E-state index in [0.717, 1.165) is 18.4 Å². The number of hydrogen-bond donors (Lipinski definition) is 1. The number of allylic oxidation sites excluding steroid dienone is 5. The first-order chi connectivity index (χ1) is 10.4. The van der Waals surface area contributed by atoms with Crippen LogP contribution in [-0.2, 0) is 4.79 Å². The number of benzene rings is 1. The van der Waals surface area contributed by atoms with Crippen LogP contribution in [0.5, 0.6) is 5.75 Å². The molecule has 0 radical (unpaired) electrons. The Morgan fingerprint density at radius 1 is 1.23 bits per heavy atom. The Morgan fingerprint density at radius 2 is 1.95 bits per heavy atom. The Labute approximate surface area is 132 Å². The summed E-state index contributed by atoms with van der Waals surface area (Å²) >= 11 is 0. The molecule has 0 saturated carbocycles. The van der Waals surface area contributed by atoms with E-state index in [1.807, 2.05) is 12.1 Å². The topological polar surface area (TPSA) is 37.3 Å². The molecule has 1 aliphatic carbocycles. The minimum atomic E-state index is -0.0370. The summed E-state index contributed by atoms with van der Waals surface area (Å²) in [5.41, 5.74) is 3.64. The summed E-state index contributed by atoms with van der Waals surface area (Å²) in [7, 11) is 0. The van der Waals surface area contributed by atoms with Crippen molar-refractivity contribution < 1.29 is 9.90 Å². The Kier molecular flexibility index (Phi) is 5.02. The van der Waals surface area contributed by atoms with Gasteiger partial charge in [0.1, 0.15) is 5.75 Å². The maximum atomic E-state index is 12.0. The first kappa shape index (κ1) is 16.3. The molecule has 0 amide bonds. The molecule has 0 fully saturated rings. The van der Waals surface area contributed by atoms with Gasteiger partial charge < -0.3 is 5.11 Å². The molecule has 1 aromatic carbocycles. The van der Waals surface area contributed by atoms with Crippen molar-refractivity contribution in [1.82, 2.24) is 0 Å². The number of carbonyl (C=O) groups excluding carboxylic acids is 1. The van der Waals surface area contributed by atoms with E-state index in [-0.39, 0.29) is 16.9 Å². The zero-order chi connectivity index (χ0) is 16.2. The molecule has 2 rings (SSSR count). The molecule has 1 aliphatic rings. The number of carbonyl (C=O) groups is 1. The second-order valence-corrected chi connectivity index (χ2v) is 6.60. The Morgan fingerprint density at radius 3 is 2.64 bits per heavy atom. The largest absolute Gasteiger partial charge is 0.508 e. The lowest BCUT2D eigenvalue weighted by Gasteiger charge is -2.32. The Balaban J connectivity index is 2.08. The first-order valence-corrected chi connectivity index (χ1v) is 7.78. The van der Waals surface area contributed by atoms with E-state index in [1.165, 1.54) is 23.6 Å². The fourth-order valence-electron chi connectivity index (χ4n) is 3.04. The lowest BCUT2D eigenvalue weighted by Crippen LogP contribution is -2.19. The van der Waals surface area contributed by atoms with Gasteiger partial charge >= 0.3 is 0 Å². The predicted octanol–water partition coefficient (Wildman–Crippen LogP) is 5.06. The molecule has 116 valence electrons. The van der Waals surface area contributed by atoms with E-state index in [2.05, 4.69) is 20.8 Å². The Hall–Kier alpha value is -2.09. The molecular formula is C20H24O2. The molecule has 0 unspecified atom stereocenters. The van der Waals surface area contributed by atoms with Gasteiger partial charge in [0, 0.05) is 0 Å². The average Bonchev–Trinajstić information content (AvgIpc) is 2.44. The summed E-state index contributed by atoms with van der Waals surface area (Å²) in [6.07, 6.45) is 10.4. The van der Waals surface area contributed by atoms with Crippen molar-refractivity contribution in [2.45, 2.75) is 40.0 Å². The summed E-state index contributed by atoms with van der Waals surface area (Å²) in [4.78, 5) is 12.0. The van der Waals surface area contributed by atoms with Crippen LogP contribution in [0.1, 0.15) is 45.6 Å². The SMILES string of the molecule is CC1=C(/C=C/C(=O)/C=C/c2cccc(O)c2)C(C)(C)CCC1.